The fourth-order valence-corrected chi connectivity index (χ4v) is 5.63. The number of carbonyl (C=O) groups is 4. The lowest BCUT2D eigenvalue weighted by molar-refractivity contribution is -0.159. The molecule has 35 heavy (non-hydrogen) atoms. The highest BCUT2D eigenvalue weighted by molar-refractivity contribution is 5.99. The number of aliphatic hydroxyl groups is 1. The van der Waals surface area contributed by atoms with Crippen LogP contribution in [0.1, 0.15) is 40.0 Å². The Labute approximate surface area is 205 Å². The number of allylic oxidation sites excluding steroid dienone is 1. The lowest BCUT2D eigenvalue weighted by atomic mass is 9.78. The van der Waals surface area contributed by atoms with Gasteiger partial charge in [-0.25, -0.2) is 0 Å². The molecule has 6 atom stereocenters. The van der Waals surface area contributed by atoms with Gasteiger partial charge in [0.2, 0.25) is 17.7 Å². The zero-order chi connectivity index (χ0) is 25.3. The lowest BCUT2D eigenvalue weighted by Gasteiger charge is -2.36. The van der Waals surface area contributed by atoms with Gasteiger partial charge in [-0.3, -0.25) is 19.2 Å². The molecule has 0 aromatic rings. The van der Waals surface area contributed by atoms with Gasteiger partial charge in [-0.15, -0.1) is 0 Å². The molecule has 0 aromatic heterocycles. The smallest absolute Gasteiger partial charge is 0.313 e. The van der Waals surface area contributed by atoms with Gasteiger partial charge in [0.05, 0.1) is 18.6 Å². The van der Waals surface area contributed by atoms with E-state index in [-0.39, 0.29) is 49.9 Å². The number of nitrogens with one attached hydrogen (secondary N) is 1. The van der Waals surface area contributed by atoms with Gasteiger partial charge < -0.3 is 29.7 Å². The minimum atomic E-state index is -1.33. The van der Waals surface area contributed by atoms with Crippen molar-refractivity contribution in [1.29, 1.82) is 0 Å². The quantitative estimate of drug-likeness (QED) is 0.425. The molecule has 3 amide bonds. The largest absolute Gasteiger partial charge is 0.460 e. The van der Waals surface area contributed by atoms with Crippen molar-refractivity contribution < 1.29 is 33.8 Å². The molecule has 4 heterocycles. The van der Waals surface area contributed by atoms with E-state index in [2.05, 4.69) is 5.32 Å². The third-order valence-electron chi connectivity index (χ3n) is 7.25. The van der Waals surface area contributed by atoms with Crippen LogP contribution in [0.2, 0.25) is 0 Å². The van der Waals surface area contributed by atoms with Gasteiger partial charge in [-0.1, -0.05) is 24.3 Å². The van der Waals surface area contributed by atoms with Crippen LogP contribution in [0.3, 0.4) is 0 Å². The number of likely N-dealkylation sites (tertiary alicyclic amines) is 1. The fraction of sp³-hybridized carbons (Fsp3) is 0.680. The van der Waals surface area contributed by atoms with E-state index in [0.29, 0.717) is 19.4 Å². The molecule has 0 aromatic carbocycles. The summed E-state index contributed by atoms with van der Waals surface area (Å²) in [7, 11) is 0. The highest BCUT2D eigenvalue weighted by Gasteiger charge is 2.71. The molecule has 0 radical (unpaired) electrons. The van der Waals surface area contributed by atoms with Crippen LogP contribution in [-0.4, -0.2) is 94.7 Å². The normalized spacial score (nSPS) is 36.5. The molecule has 10 nitrogen and oxygen atoms in total. The molecule has 0 unspecified atom stereocenters. The molecule has 192 valence electrons. The lowest BCUT2D eigenvalue weighted by Crippen LogP contribution is -2.56. The number of hydrogen-bond acceptors (Lipinski definition) is 7. The SMILES string of the molecule is CC(C)N1CC=C[C@]23O[C@@H]4/C=C\CCC(=O)NC[C@@H](C)OC(=O)[C@@H]4[C@H]2C(=O)N(CCCO)[C@@H]3C1=O. The predicted octanol–water partition coefficient (Wildman–Crippen LogP) is 0.154. The first-order valence-corrected chi connectivity index (χ1v) is 12.4. The van der Waals surface area contributed by atoms with Crippen molar-refractivity contribution in [3.8, 4) is 0 Å². The number of aliphatic hydroxyl groups excluding tert-OH is 1. The summed E-state index contributed by atoms with van der Waals surface area (Å²) < 4.78 is 12.2. The number of cyclic esters (lactones) is 1. The van der Waals surface area contributed by atoms with E-state index in [1.807, 2.05) is 19.9 Å². The summed E-state index contributed by atoms with van der Waals surface area (Å²) in [5.74, 6) is -3.20. The van der Waals surface area contributed by atoms with E-state index >= 15 is 0 Å². The van der Waals surface area contributed by atoms with E-state index in [1.54, 1.807) is 30.1 Å². The third kappa shape index (κ3) is 4.49. The summed E-state index contributed by atoms with van der Waals surface area (Å²) in [6.07, 6.45) is 6.77. The maximum atomic E-state index is 13.9. The first-order chi connectivity index (χ1) is 16.7. The van der Waals surface area contributed by atoms with Crippen LogP contribution in [0.15, 0.2) is 24.3 Å². The molecule has 4 aliphatic heterocycles. The van der Waals surface area contributed by atoms with Gasteiger partial charge in [0.1, 0.15) is 23.7 Å². The van der Waals surface area contributed by atoms with E-state index in [0.717, 1.165) is 0 Å². The minimum Gasteiger partial charge on any atom is -0.460 e. The van der Waals surface area contributed by atoms with Gasteiger partial charge >= 0.3 is 5.97 Å². The zero-order valence-electron chi connectivity index (χ0n) is 20.5. The number of esters is 1. The number of amides is 3. The number of hydrogen-bond donors (Lipinski definition) is 2. The van der Waals surface area contributed by atoms with Crippen molar-refractivity contribution in [1.82, 2.24) is 15.1 Å². The average molecular weight is 490 g/mol. The number of nitrogens with zero attached hydrogens (tertiary/aromatic N) is 2. The summed E-state index contributed by atoms with van der Waals surface area (Å²) in [5.41, 5.74) is -1.33. The fourth-order valence-electron chi connectivity index (χ4n) is 5.63. The number of ether oxygens (including phenoxy) is 2. The maximum Gasteiger partial charge on any atom is 0.313 e. The van der Waals surface area contributed by atoms with Crippen LogP contribution in [0, 0.1) is 11.8 Å². The second-order valence-corrected chi connectivity index (χ2v) is 9.96. The van der Waals surface area contributed by atoms with Crippen LogP contribution < -0.4 is 5.32 Å². The monoisotopic (exact) mass is 489 g/mol. The molecular formula is C25H35N3O7. The zero-order valence-corrected chi connectivity index (χ0v) is 20.5. The average Bonchev–Trinajstić information content (AvgIpc) is 3.18. The van der Waals surface area contributed by atoms with Crippen molar-refractivity contribution >= 4 is 23.7 Å². The second-order valence-electron chi connectivity index (χ2n) is 9.96. The Kier molecular flexibility index (Phi) is 7.32. The van der Waals surface area contributed by atoms with Crippen LogP contribution in [0.25, 0.3) is 0 Å². The Balaban J connectivity index is 1.78. The minimum absolute atomic E-state index is 0.0958. The first kappa shape index (κ1) is 25.4. The van der Waals surface area contributed by atoms with Gasteiger partial charge in [0, 0.05) is 32.2 Å². The molecule has 0 saturated carbocycles. The van der Waals surface area contributed by atoms with Crippen LogP contribution in [-0.2, 0) is 28.7 Å². The van der Waals surface area contributed by atoms with Crippen molar-refractivity contribution in [2.24, 2.45) is 11.8 Å². The Morgan fingerprint density at radius 2 is 1.97 bits per heavy atom. The molecule has 10 heteroatoms. The summed E-state index contributed by atoms with van der Waals surface area (Å²) in [6.45, 7) is 6.09. The summed E-state index contributed by atoms with van der Waals surface area (Å²) in [4.78, 5) is 56.3. The van der Waals surface area contributed by atoms with Crippen LogP contribution in [0.4, 0.5) is 0 Å². The third-order valence-corrected chi connectivity index (χ3v) is 7.25. The van der Waals surface area contributed by atoms with E-state index in [4.69, 9.17) is 9.47 Å². The highest BCUT2D eigenvalue weighted by Crippen LogP contribution is 2.53. The summed E-state index contributed by atoms with van der Waals surface area (Å²) in [5, 5.41) is 12.2. The van der Waals surface area contributed by atoms with Gasteiger partial charge in [-0.2, -0.15) is 0 Å². The molecule has 2 saturated heterocycles. The standard InChI is InChI=1S/C25H35N3O7/c1-15(2)27-11-6-10-25-20(22(31)28(12-7-13-29)21(25)23(27)32)19-17(35-25)8-4-5-9-18(30)26-14-16(3)34-24(19)33/h4,6,8,10,15-17,19-21,29H,5,7,9,11-14H2,1-3H3,(H,26,30)/b8-4-/t16-,17-,19+,20+,21-,25+/m1/s1. The van der Waals surface area contributed by atoms with Gasteiger partial charge in [0.15, 0.2) is 0 Å². The molecule has 2 N–H and O–H groups in total. The topological polar surface area (TPSA) is 125 Å². The first-order valence-electron chi connectivity index (χ1n) is 12.4. The molecule has 4 aliphatic rings. The van der Waals surface area contributed by atoms with Crippen LogP contribution in [0.5, 0.6) is 0 Å². The highest BCUT2D eigenvalue weighted by atomic mass is 16.6. The molecular weight excluding hydrogens is 454 g/mol. The molecule has 0 aliphatic carbocycles. The summed E-state index contributed by atoms with van der Waals surface area (Å²) in [6, 6.07) is -1.04. The van der Waals surface area contributed by atoms with E-state index in [1.165, 1.54) is 4.90 Å². The number of carbonyl (C=O) groups excluding carboxylic acids is 4. The molecule has 1 spiro atoms. The number of fused-ring (bicyclic) bond motifs is 2. The molecule has 2 fully saturated rings. The van der Waals surface area contributed by atoms with E-state index in [9.17, 15) is 24.3 Å². The Morgan fingerprint density at radius 3 is 2.69 bits per heavy atom. The van der Waals surface area contributed by atoms with Crippen molar-refractivity contribution in [3.63, 3.8) is 0 Å². The van der Waals surface area contributed by atoms with Gasteiger partial charge in [0.25, 0.3) is 0 Å². The van der Waals surface area contributed by atoms with Gasteiger partial charge in [-0.05, 0) is 33.6 Å². The van der Waals surface area contributed by atoms with E-state index < -0.39 is 41.7 Å². The Hall–Kier alpha value is -2.72. The molecule has 0 bridgehead atoms. The van der Waals surface area contributed by atoms with Crippen molar-refractivity contribution in [3.05, 3.63) is 24.3 Å². The van der Waals surface area contributed by atoms with Crippen molar-refractivity contribution in [2.75, 3.05) is 26.2 Å². The Morgan fingerprint density at radius 1 is 1.20 bits per heavy atom. The van der Waals surface area contributed by atoms with Crippen LogP contribution >= 0.6 is 0 Å². The second kappa shape index (κ2) is 10.1. The van der Waals surface area contributed by atoms with Crippen molar-refractivity contribution in [2.45, 2.75) is 69.9 Å². The predicted molar refractivity (Wildman–Crippen MR) is 125 cm³/mol. The summed E-state index contributed by atoms with van der Waals surface area (Å²) >= 11 is 0. The Bertz CT molecular complexity index is 932. The maximum absolute atomic E-state index is 13.9. The molecule has 4 rings (SSSR count). The number of rotatable bonds is 4.